The van der Waals surface area contributed by atoms with Gasteiger partial charge in [-0.05, 0) is 30.5 Å². The van der Waals surface area contributed by atoms with Gasteiger partial charge in [-0.15, -0.1) is 0 Å². The van der Waals surface area contributed by atoms with Crippen molar-refractivity contribution in [1.29, 1.82) is 0 Å². The second-order valence-electron chi connectivity index (χ2n) is 5.12. The van der Waals surface area contributed by atoms with E-state index in [1.54, 1.807) is 0 Å². The van der Waals surface area contributed by atoms with Crippen LogP contribution in [0.3, 0.4) is 0 Å². The molecule has 0 spiro atoms. The normalized spacial score (nSPS) is 19.2. The summed E-state index contributed by atoms with van der Waals surface area (Å²) in [4.78, 5) is 16.2. The molecule has 1 unspecified atom stereocenters. The molecule has 0 radical (unpaired) electrons. The quantitative estimate of drug-likeness (QED) is 0.867. The number of halogens is 1. The van der Waals surface area contributed by atoms with Gasteiger partial charge in [0, 0.05) is 17.9 Å². The van der Waals surface area contributed by atoms with Crippen LogP contribution in [0.4, 0.5) is 0 Å². The molecule has 1 atom stereocenters. The fourth-order valence-corrected chi connectivity index (χ4v) is 2.77. The number of hydrogen-bond acceptors (Lipinski definition) is 4. The van der Waals surface area contributed by atoms with Crippen molar-refractivity contribution in [2.75, 3.05) is 0 Å². The second kappa shape index (κ2) is 5.75. The van der Waals surface area contributed by atoms with Crippen molar-refractivity contribution in [1.82, 2.24) is 10.1 Å². The van der Waals surface area contributed by atoms with Crippen molar-refractivity contribution in [2.24, 2.45) is 0 Å². The first kappa shape index (κ1) is 13.3. The monoisotopic (exact) mass is 290 g/mol. The minimum Gasteiger partial charge on any atom is -0.339 e. The number of ketones is 1. The molecule has 0 amide bonds. The summed E-state index contributed by atoms with van der Waals surface area (Å²) >= 11 is 5.95. The number of benzene rings is 1. The van der Waals surface area contributed by atoms with Crippen molar-refractivity contribution in [3.63, 3.8) is 0 Å². The van der Waals surface area contributed by atoms with E-state index in [-0.39, 0.29) is 11.7 Å². The average molecular weight is 291 g/mol. The largest absolute Gasteiger partial charge is 0.339 e. The lowest BCUT2D eigenvalue weighted by molar-refractivity contribution is -0.122. The summed E-state index contributed by atoms with van der Waals surface area (Å²) in [5.74, 6) is 1.07. The topological polar surface area (TPSA) is 56.0 Å². The molecule has 5 heteroatoms. The minimum atomic E-state index is -0.204. The smallest absolute Gasteiger partial charge is 0.237 e. The Bertz CT molecular complexity index is 624. The molecule has 20 heavy (non-hydrogen) atoms. The van der Waals surface area contributed by atoms with E-state index < -0.39 is 0 Å². The summed E-state index contributed by atoms with van der Waals surface area (Å²) < 4.78 is 5.26. The van der Waals surface area contributed by atoms with Crippen LogP contribution in [-0.2, 0) is 11.2 Å². The van der Waals surface area contributed by atoms with Gasteiger partial charge in [0.25, 0.3) is 0 Å². The number of Topliss-reactive ketones (excluding diaryl/α,β-unsaturated/α-hetero) is 1. The number of nitrogens with zero attached hydrogens (tertiary/aromatic N) is 2. The lowest BCUT2D eigenvalue weighted by Gasteiger charge is -2.16. The Balaban J connectivity index is 1.75. The van der Waals surface area contributed by atoms with Crippen LogP contribution in [0.2, 0.25) is 5.02 Å². The number of carbonyl (C=O) groups excluding carboxylic acids is 1. The van der Waals surface area contributed by atoms with Gasteiger partial charge in [0.2, 0.25) is 5.89 Å². The first-order valence-electron chi connectivity index (χ1n) is 6.82. The zero-order valence-corrected chi connectivity index (χ0v) is 11.8. The molecule has 2 aromatic rings. The van der Waals surface area contributed by atoms with E-state index in [0.717, 1.165) is 24.8 Å². The molecule has 0 N–H and O–H groups in total. The summed E-state index contributed by atoms with van der Waals surface area (Å²) in [7, 11) is 0. The predicted octanol–water partition coefficient (Wildman–Crippen LogP) is 3.54. The zero-order chi connectivity index (χ0) is 13.9. The maximum Gasteiger partial charge on any atom is 0.237 e. The van der Waals surface area contributed by atoms with E-state index in [4.69, 9.17) is 16.1 Å². The van der Waals surface area contributed by atoms with Gasteiger partial charge in [0.15, 0.2) is 5.82 Å². The molecular formula is C15H15ClN2O2. The molecule has 1 fully saturated rings. The van der Waals surface area contributed by atoms with E-state index in [1.807, 2.05) is 24.3 Å². The van der Waals surface area contributed by atoms with Crippen molar-refractivity contribution in [2.45, 2.75) is 38.0 Å². The Morgan fingerprint density at radius 2 is 2.25 bits per heavy atom. The van der Waals surface area contributed by atoms with Crippen molar-refractivity contribution >= 4 is 17.4 Å². The molecule has 1 aliphatic carbocycles. The van der Waals surface area contributed by atoms with E-state index in [9.17, 15) is 4.79 Å². The van der Waals surface area contributed by atoms with Crippen LogP contribution >= 0.6 is 11.6 Å². The van der Waals surface area contributed by atoms with Crippen LogP contribution in [0, 0.1) is 0 Å². The van der Waals surface area contributed by atoms with E-state index in [2.05, 4.69) is 10.1 Å². The molecule has 0 bridgehead atoms. The van der Waals surface area contributed by atoms with Gasteiger partial charge < -0.3 is 4.52 Å². The summed E-state index contributed by atoms with van der Waals surface area (Å²) in [5, 5.41) is 4.66. The molecular weight excluding hydrogens is 276 g/mol. The molecule has 3 rings (SSSR count). The third-order valence-corrected chi connectivity index (χ3v) is 3.82. The Hall–Kier alpha value is -1.68. The molecule has 1 aromatic carbocycles. The molecule has 4 nitrogen and oxygen atoms in total. The Labute approximate surface area is 122 Å². The highest BCUT2D eigenvalue weighted by Gasteiger charge is 2.28. The van der Waals surface area contributed by atoms with E-state index >= 15 is 0 Å². The molecule has 0 aliphatic heterocycles. The van der Waals surface area contributed by atoms with E-state index in [1.165, 1.54) is 0 Å². The highest BCUT2D eigenvalue weighted by Crippen LogP contribution is 2.29. The van der Waals surface area contributed by atoms with Crippen LogP contribution in [0.5, 0.6) is 0 Å². The van der Waals surface area contributed by atoms with Gasteiger partial charge in [-0.3, -0.25) is 4.79 Å². The number of aromatic nitrogens is 2. The van der Waals surface area contributed by atoms with Gasteiger partial charge >= 0.3 is 0 Å². The third kappa shape index (κ3) is 2.90. The van der Waals surface area contributed by atoms with Gasteiger partial charge in [0.1, 0.15) is 5.78 Å². The second-order valence-corrected chi connectivity index (χ2v) is 5.56. The maximum absolute atomic E-state index is 11.9. The van der Waals surface area contributed by atoms with Crippen LogP contribution in [0.15, 0.2) is 28.8 Å². The van der Waals surface area contributed by atoms with Crippen LogP contribution in [0.25, 0.3) is 0 Å². The Morgan fingerprint density at radius 3 is 3.05 bits per heavy atom. The van der Waals surface area contributed by atoms with Gasteiger partial charge in [0.05, 0.1) is 5.92 Å². The number of carbonyl (C=O) groups is 1. The highest BCUT2D eigenvalue weighted by atomic mass is 35.5. The highest BCUT2D eigenvalue weighted by molar-refractivity contribution is 6.30. The standard InChI is InChI=1S/C15H15ClN2O2/c16-11-5-3-4-10(8-11)9-14-17-15(20-18-14)12-6-1-2-7-13(12)19/h3-5,8,12H,1-2,6-7,9H2. The minimum absolute atomic E-state index is 0.204. The third-order valence-electron chi connectivity index (χ3n) is 3.59. The molecule has 1 aromatic heterocycles. The molecule has 1 saturated carbocycles. The number of hydrogen-bond donors (Lipinski definition) is 0. The first-order valence-corrected chi connectivity index (χ1v) is 7.20. The van der Waals surface area contributed by atoms with E-state index in [0.29, 0.717) is 29.6 Å². The summed E-state index contributed by atoms with van der Waals surface area (Å²) in [5.41, 5.74) is 1.03. The van der Waals surface area contributed by atoms with Crippen LogP contribution in [-0.4, -0.2) is 15.9 Å². The first-order chi connectivity index (χ1) is 9.72. The van der Waals surface area contributed by atoms with Gasteiger partial charge in [-0.1, -0.05) is 35.3 Å². The Morgan fingerprint density at radius 1 is 1.35 bits per heavy atom. The fourth-order valence-electron chi connectivity index (χ4n) is 2.55. The molecule has 104 valence electrons. The van der Waals surface area contributed by atoms with Crippen LogP contribution < -0.4 is 0 Å². The zero-order valence-electron chi connectivity index (χ0n) is 11.0. The SMILES string of the molecule is O=C1CCCCC1c1nc(Cc2cccc(Cl)c2)no1. The predicted molar refractivity (Wildman–Crippen MR) is 74.8 cm³/mol. The average Bonchev–Trinajstić information content (AvgIpc) is 2.87. The molecule has 0 saturated heterocycles. The number of rotatable bonds is 3. The van der Waals surface area contributed by atoms with Crippen molar-refractivity contribution < 1.29 is 9.32 Å². The molecule has 1 aliphatic rings. The lowest BCUT2D eigenvalue weighted by atomic mass is 9.88. The van der Waals surface area contributed by atoms with Gasteiger partial charge in [-0.2, -0.15) is 4.98 Å². The summed E-state index contributed by atoms with van der Waals surface area (Å²) in [6.07, 6.45) is 4.01. The van der Waals surface area contributed by atoms with Crippen molar-refractivity contribution in [3.8, 4) is 0 Å². The maximum atomic E-state index is 11.9. The van der Waals surface area contributed by atoms with Crippen molar-refractivity contribution in [3.05, 3.63) is 46.6 Å². The lowest BCUT2D eigenvalue weighted by Crippen LogP contribution is -2.17. The fraction of sp³-hybridized carbons (Fsp3) is 0.400. The summed E-state index contributed by atoms with van der Waals surface area (Å²) in [6.45, 7) is 0. The van der Waals surface area contributed by atoms with Crippen LogP contribution in [0.1, 0.15) is 48.9 Å². The summed E-state index contributed by atoms with van der Waals surface area (Å²) in [6, 6.07) is 7.56. The van der Waals surface area contributed by atoms with Gasteiger partial charge in [-0.25, -0.2) is 0 Å². The molecule has 1 heterocycles. The Kier molecular flexibility index (Phi) is 3.83.